The van der Waals surface area contributed by atoms with Gasteiger partial charge in [-0.25, -0.2) is 4.79 Å². The average Bonchev–Trinajstić information content (AvgIpc) is 3.26. The van der Waals surface area contributed by atoms with E-state index in [4.69, 9.17) is 25.8 Å². The van der Waals surface area contributed by atoms with Crippen LogP contribution in [0.2, 0.25) is 0 Å². The number of nitrogens with zero attached hydrogens (tertiary/aromatic N) is 1. The van der Waals surface area contributed by atoms with Crippen LogP contribution in [0.1, 0.15) is 55.5 Å². The average molecular weight is 529 g/mol. The van der Waals surface area contributed by atoms with Gasteiger partial charge in [-0.05, 0) is 44.0 Å². The number of likely N-dealkylation sites (tertiary alicyclic amines) is 1. The lowest BCUT2D eigenvalue weighted by molar-refractivity contribution is -0.141. The molecule has 0 aliphatic carbocycles. The van der Waals surface area contributed by atoms with Crippen molar-refractivity contribution in [2.75, 3.05) is 13.7 Å². The normalized spacial score (nSPS) is 15.7. The lowest BCUT2D eigenvalue weighted by Gasteiger charge is -2.25. The van der Waals surface area contributed by atoms with Crippen LogP contribution in [0, 0.1) is 12.8 Å². The molecule has 0 bridgehead atoms. The van der Waals surface area contributed by atoms with Crippen LogP contribution in [-0.4, -0.2) is 57.7 Å². The quantitative estimate of drug-likeness (QED) is 0.372. The monoisotopic (exact) mass is 528 g/mol. The lowest BCUT2D eigenvalue weighted by Crippen LogP contribution is -2.29. The molecule has 1 amide bonds. The molecule has 0 radical (unpaired) electrons. The Hall–Kier alpha value is -4.18. The Bertz CT molecular complexity index is 1110. The van der Waals surface area contributed by atoms with E-state index in [9.17, 15) is 19.2 Å². The number of rotatable bonds is 8. The molecule has 3 rings (SSSR count). The second-order valence-electron chi connectivity index (χ2n) is 8.91. The van der Waals surface area contributed by atoms with Gasteiger partial charge in [-0.3, -0.25) is 14.4 Å². The summed E-state index contributed by atoms with van der Waals surface area (Å²) in [6.07, 6.45) is -0.412. The number of aryl methyl sites for hydroxylation is 1. The third kappa shape index (κ3) is 10.4. The first-order valence-corrected chi connectivity index (χ1v) is 11.9. The summed E-state index contributed by atoms with van der Waals surface area (Å²) in [4.78, 5) is 44.1. The van der Waals surface area contributed by atoms with Crippen LogP contribution in [0.3, 0.4) is 0 Å². The van der Waals surface area contributed by atoms with E-state index in [1.165, 1.54) is 11.1 Å². The second kappa shape index (κ2) is 15.2. The Balaban J connectivity index is 0.000000320. The van der Waals surface area contributed by atoms with E-state index in [1.54, 1.807) is 12.0 Å². The number of benzene rings is 2. The van der Waals surface area contributed by atoms with Gasteiger partial charge in [0, 0.05) is 24.6 Å². The summed E-state index contributed by atoms with van der Waals surface area (Å²) < 4.78 is 5.09. The van der Waals surface area contributed by atoms with Crippen molar-refractivity contribution in [1.82, 2.24) is 4.90 Å². The van der Waals surface area contributed by atoms with E-state index >= 15 is 0 Å². The maximum atomic E-state index is 11.9. The molecule has 2 aromatic carbocycles. The van der Waals surface area contributed by atoms with E-state index in [-0.39, 0.29) is 36.5 Å². The van der Waals surface area contributed by atoms with Gasteiger partial charge in [0.2, 0.25) is 5.91 Å². The lowest BCUT2D eigenvalue weighted by atomic mass is 10.1. The van der Waals surface area contributed by atoms with Gasteiger partial charge < -0.3 is 30.7 Å². The molecule has 1 aliphatic rings. The Labute approximate surface area is 222 Å². The smallest absolute Gasteiger partial charge is 0.331 e. The number of carboxylic acid groups (broad SMARTS) is 3. The van der Waals surface area contributed by atoms with Crippen molar-refractivity contribution in [3.8, 4) is 5.75 Å². The van der Waals surface area contributed by atoms with Gasteiger partial charge in [-0.15, -0.1) is 0 Å². The number of carbonyl (C=O) groups is 4. The summed E-state index contributed by atoms with van der Waals surface area (Å²) in [6.45, 7) is 9.26. The number of aliphatic carboxylic acids is 3. The first kappa shape index (κ1) is 31.8. The molecule has 1 heterocycles. The van der Waals surface area contributed by atoms with Crippen LogP contribution >= 0.6 is 0 Å². The number of carbonyl (C=O) groups excluding carboxylic acids is 1. The van der Waals surface area contributed by atoms with Gasteiger partial charge in [0.15, 0.2) is 0 Å². The highest BCUT2D eigenvalue weighted by Crippen LogP contribution is 2.29. The molecule has 10 heteroatoms. The number of nitrogens with two attached hydrogens (primary N) is 1. The number of amides is 1. The predicted octanol–water partition coefficient (Wildman–Crippen LogP) is 3.81. The third-order valence-corrected chi connectivity index (χ3v) is 5.84. The summed E-state index contributed by atoms with van der Waals surface area (Å²) in [7, 11) is 1.60. The van der Waals surface area contributed by atoms with Gasteiger partial charge in [-0.2, -0.15) is 0 Å². The van der Waals surface area contributed by atoms with Crippen molar-refractivity contribution in [3.05, 3.63) is 77.4 Å². The van der Waals surface area contributed by atoms with Gasteiger partial charge in [0.1, 0.15) is 5.75 Å². The molecule has 5 N–H and O–H groups in total. The Morgan fingerprint density at radius 1 is 1.03 bits per heavy atom. The van der Waals surface area contributed by atoms with Crippen LogP contribution in [0.4, 0.5) is 0 Å². The van der Waals surface area contributed by atoms with Gasteiger partial charge >= 0.3 is 17.9 Å². The zero-order chi connectivity index (χ0) is 29.0. The molecular weight excluding hydrogens is 492 g/mol. The highest BCUT2D eigenvalue weighted by molar-refractivity contribution is 5.91. The van der Waals surface area contributed by atoms with E-state index in [1.807, 2.05) is 38.1 Å². The predicted molar refractivity (Wildman–Crippen MR) is 142 cm³/mol. The van der Waals surface area contributed by atoms with E-state index in [0.29, 0.717) is 0 Å². The van der Waals surface area contributed by atoms with Gasteiger partial charge in [0.05, 0.1) is 25.5 Å². The summed E-state index contributed by atoms with van der Waals surface area (Å²) >= 11 is 0. The van der Waals surface area contributed by atoms with Crippen molar-refractivity contribution < 1.29 is 39.2 Å². The SMILES string of the molecule is C=C(CC(=O)O)C(=O)O.COc1ccc([C@@H](C)N2C[C@H](C(=O)O)CC2=O)cc1.Cc1ccc([C@@H](C)N)cc1. The largest absolute Gasteiger partial charge is 0.497 e. The standard InChI is InChI=1S/C14H17NO4.C9H13N.C5H6O4/c1-9(10-3-5-12(19-2)6-4-10)15-8-11(14(17)18)7-13(15)16;1-7-3-5-9(6-4-7)8(2)10;1-3(5(8)9)2-4(6)7/h3-6,9,11H,7-8H2,1-2H3,(H,17,18);3-6,8H,10H2,1-2H3;1-2H2,(H,6,7)(H,8,9)/t9-,11-;8-;/m11./s1. The molecule has 1 saturated heterocycles. The highest BCUT2D eigenvalue weighted by Gasteiger charge is 2.36. The van der Waals surface area contributed by atoms with E-state index < -0.39 is 30.2 Å². The molecule has 38 heavy (non-hydrogen) atoms. The van der Waals surface area contributed by atoms with Gasteiger partial charge in [-0.1, -0.05) is 48.5 Å². The zero-order valence-electron chi connectivity index (χ0n) is 22.1. The molecular formula is C28H36N2O8. The molecule has 0 aromatic heterocycles. The third-order valence-electron chi connectivity index (χ3n) is 5.84. The van der Waals surface area contributed by atoms with E-state index in [2.05, 4.69) is 37.8 Å². The fourth-order valence-electron chi connectivity index (χ4n) is 3.46. The first-order valence-electron chi connectivity index (χ1n) is 11.9. The topological polar surface area (TPSA) is 167 Å². The molecule has 0 spiro atoms. The van der Waals surface area contributed by atoms with Crippen LogP contribution < -0.4 is 10.5 Å². The zero-order valence-corrected chi connectivity index (χ0v) is 22.1. The molecule has 1 fully saturated rings. The van der Waals surface area contributed by atoms with Gasteiger partial charge in [0.25, 0.3) is 0 Å². The summed E-state index contributed by atoms with van der Waals surface area (Å²) in [6, 6.07) is 15.8. The molecule has 10 nitrogen and oxygen atoms in total. The molecule has 2 aromatic rings. The molecule has 3 atom stereocenters. The van der Waals surface area contributed by atoms with Crippen molar-refractivity contribution in [3.63, 3.8) is 0 Å². The molecule has 1 aliphatic heterocycles. The van der Waals surface area contributed by atoms with Crippen molar-refractivity contribution >= 4 is 23.8 Å². The minimum Gasteiger partial charge on any atom is -0.497 e. The van der Waals surface area contributed by atoms with Crippen molar-refractivity contribution in [2.45, 2.75) is 45.7 Å². The number of methoxy groups -OCH3 is 1. The Morgan fingerprint density at radius 3 is 1.92 bits per heavy atom. The highest BCUT2D eigenvalue weighted by atomic mass is 16.5. The number of ether oxygens (including phenoxy) is 1. The first-order chi connectivity index (χ1) is 17.8. The fourth-order valence-corrected chi connectivity index (χ4v) is 3.46. The number of carboxylic acids is 3. The van der Waals surface area contributed by atoms with Crippen LogP contribution in [-0.2, 0) is 19.2 Å². The van der Waals surface area contributed by atoms with Crippen molar-refractivity contribution in [1.29, 1.82) is 0 Å². The summed E-state index contributed by atoms with van der Waals surface area (Å²) in [5, 5.41) is 25.1. The number of hydrogen-bond donors (Lipinski definition) is 4. The Kier molecular flexibility index (Phi) is 12.7. The molecule has 206 valence electrons. The minimum absolute atomic E-state index is 0.0931. The van der Waals surface area contributed by atoms with Crippen LogP contribution in [0.15, 0.2) is 60.7 Å². The summed E-state index contributed by atoms with van der Waals surface area (Å²) in [5.41, 5.74) is 8.81. The van der Waals surface area contributed by atoms with Crippen LogP contribution in [0.25, 0.3) is 0 Å². The maximum Gasteiger partial charge on any atom is 0.331 e. The van der Waals surface area contributed by atoms with E-state index in [0.717, 1.165) is 11.3 Å². The van der Waals surface area contributed by atoms with Crippen LogP contribution in [0.5, 0.6) is 5.75 Å². The number of hydrogen-bond acceptors (Lipinski definition) is 6. The maximum absolute atomic E-state index is 11.9. The van der Waals surface area contributed by atoms with Crippen molar-refractivity contribution in [2.24, 2.45) is 11.7 Å². The minimum atomic E-state index is -1.27. The summed E-state index contributed by atoms with van der Waals surface area (Å²) in [5.74, 6) is -3.28. The fraction of sp³-hybridized carbons (Fsp3) is 0.357. The Morgan fingerprint density at radius 2 is 1.55 bits per heavy atom. The molecule has 0 unspecified atom stereocenters. The second-order valence-corrected chi connectivity index (χ2v) is 8.91. The molecule has 0 saturated carbocycles.